The van der Waals surface area contributed by atoms with E-state index in [0.29, 0.717) is 11.6 Å². The van der Waals surface area contributed by atoms with Crippen molar-refractivity contribution in [1.82, 2.24) is 15.2 Å². The van der Waals surface area contributed by atoms with E-state index < -0.39 is 16.8 Å². The summed E-state index contributed by atoms with van der Waals surface area (Å²) in [5.74, 6) is -0.396. The number of hydrogen-bond acceptors (Lipinski definition) is 4. The first-order valence-corrected chi connectivity index (χ1v) is 14.7. The van der Waals surface area contributed by atoms with Gasteiger partial charge >= 0.3 is 0 Å². The number of benzene rings is 3. The molecular weight excluding hydrogens is 598 g/mol. The first-order chi connectivity index (χ1) is 18.7. The molecule has 1 fully saturated rings. The van der Waals surface area contributed by atoms with Crippen molar-refractivity contribution in [3.63, 3.8) is 0 Å². The Morgan fingerprint density at radius 3 is 2.62 bits per heavy atom. The molecule has 1 aliphatic heterocycles. The molecule has 0 aliphatic carbocycles. The Morgan fingerprint density at radius 1 is 1.21 bits per heavy atom. The van der Waals surface area contributed by atoms with Gasteiger partial charge in [-0.3, -0.25) is 9.59 Å². The first-order valence-electron chi connectivity index (χ1n) is 12.7. The Balaban J connectivity index is 1.69. The molecule has 202 valence electrons. The van der Waals surface area contributed by atoms with Crippen LogP contribution in [0.5, 0.6) is 0 Å². The largest absolute Gasteiger partial charge is 0.394 e. The number of thioether (sulfide) groups is 1. The van der Waals surface area contributed by atoms with Crippen LogP contribution in [0.4, 0.5) is 0 Å². The topological polar surface area (TPSA) is 85.4 Å². The van der Waals surface area contributed by atoms with Crippen molar-refractivity contribution < 1.29 is 14.7 Å². The summed E-state index contributed by atoms with van der Waals surface area (Å²) < 4.78 is -0.245. The predicted molar refractivity (Wildman–Crippen MR) is 160 cm³/mol. The van der Waals surface area contributed by atoms with E-state index in [1.54, 1.807) is 6.92 Å². The van der Waals surface area contributed by atoms with E-state index >= 15 is 0 Å². The predicted octanol–water partition coefficient (Wildman–Crippen LogP) is 6.39. The van der Waals surface area contributed by atoms with Crippen molar-refractivity contribution in [2.45, 2.75) is 48.5 Å². The van der Waals surface area contributed by atoms with E-state index in [9.17, 15) is 14.7 Å². The summed E-state index contributed by atoms with van der Waals surface area (Å²) in [6, 6.07) is 20.4. The highest BCUT2D eigenvalue weighted by molar-refractivity contribution is 9.10. The van der Waals surface area contributed by atoms with E-state index in [1.165, 1.54) is 11.8 Å². The molecule has 0 radical (unpaired) electrons. The van der Waals surface area contributed by atoms with Crippen LogP contribution in [0, 0.1) is 6.92 Å². The van der Waals surface area contributed by atoms with Crippen molar-refractivity contribution >= 4 is 62.0 Å². The van der Waals surface area contributed by atoms with Gasteiger partial charge in [0.1, 0.15) is 4.75 Å². The van der Waals surface area contributed by atoms with Crippen LogP contribution in [-0.4, -0.2) is 44.2 Å². The third-order valence-electron chi connectivity index (χ3n) is 7.08. The second-order valence-corrected chi connectivity index (χ2v) is 12.8. The van der Waals surface area contributed by atoms with E-state index in [1.807, 2.05) is 84.8 Å². The highest BCUT2D eigenvalue weighted by atomic mass is 79.9. The number of nitrogens with zero attached hydrogens (tertiary/aromatic N) is 1. The molecule has 5 rings (SSSR count). The number of carbonyl (C=O) groups is 2. The third kappa shape index (κ3) is 5.61. The van der Waals surface area contributed by atoms with Gasteiger partial charge < -0.3 is 20.3 Å². The summed E-state index contributed by atoms with van der Waals surface area (Å²) in [6.45, 7) is 3.90. The van der Waals surface area contributed by atoms with Crippen molar-refractivity contribution in [1.29, 1.82) is 0 Å². The number of likely N-dealkylation sites (tertiary alicyclic amines) is 1. The second kappa shape index (κ2) is 11.4. The van der Waals surface area contributed by atoms with E-state index in [0.717, 1.165) is 37.0 Å². The average molecular weight is 627 g/mol. The molecule has 1 aliphatic rings. The molecular formula is C30H29BrClN3O3S. The zero-order chi connectivity index (χ0) is 27.7. The summed E-state index contributed by atoms with van der Waals surface area (Å²) in [5.41, 5.74) is 3.74. The summed E-state index contributed by atoms with van der Waals surface area (Å²) in [7, 11) is 0. The minimum absolute atomic E-state index is 0.0109. The number of nitrogens with one attached hydrogen (secondary N) is 2. The highest BCUT2D eigenvalue weighted by Crippen LogP contribution is 2.54. The van der Waals surface area contributed by atoms with Crippen molar-refractivity contribution in [3.8, 4) is 0 Å². The van der Waals surface area contributed by atoms with Crippen molar-refractivity contribution in [2.75, 3.05) is 6.61 Å². The van der Waals surface area contributed by atoms with Gasteiger partial charge in [0.25, 0.3) is 0 Å². The molecule has 2 heterocycles. The molecule has 3 aromatic carbocycles. The number of aromatic nitrogens is 1. The number of carbonyl (C=O) groups excluding carboxylic acids is 2. The van der Waals surface area contributed by atoms with Gasteiger partial charge in [-0.15, -0.1) is 11.8 Å². The molecule has 1 aromatic heterocycles. The molecule has 9 heteroatoms. The van der Waals surface area contributed by atoms with E-state index in [4.69, 9.17) is 11.6 Å². The maximum absolute atomic E-state index is 14.2. The van der Waals surface area contributed by atoms with Crippen LogP contribution in [0.25, 0.3) is 10.9 Å². The van der Waals surface area contributed by atoms with Gasteiger partial charge in [-0.25, -0.2) is 0 Å². The monoisotopic (exact) mass is 625 g/mol. The lowest BCUT2D eigenvalue weighted by atomic mass is 9.90. The minimum Gasteiger partial charge on any atom is -0.394 e. The maximum Gasteiger partial charge on any atom is 0.239 e. The summed E-state index contributed by atoms with van der Waals surface area (Å²) in [6.07, 6.45) is 1.89. The van der Waals surface area contributed by atoms with Crippen LogP contribution in [0.1, 0.15) is 36.1 Å². The number of rotatable bonds is 8. The number of fused-ring (bicyclic) bond motifs is 1. The fourth-order valence-electron chi connectivity index (χ4n) is 5.10. The van der Waals surface area contributed by atoms with Crippen LogP contribution < -0.4 is 5.32 Å². The Morgan fingerprint density at radius 2 is 1.92 bits per heavy atom. The van der Waals surface area contributed by atoms with Gasteiger partial charge in [0.2, 0.25) is 11.8 Å². The maximum atomic E-state index is 14.2. The second-order valence-electron chi connectivity index (χ2n) is 10.0. The van der Waals surface area contributed by atoms with Gasteiger partial charge in [-0.05, 0) is 55.8 Å². The Hall–Kier alpha value is -2.78. The van der Waals surface area contributed by atoms with E-state index in [-0.39, 0.29) is 24.8 Å². The molecule has 0 bridgehead atoms. The quantitative estimate of drug-likeness (QED) is 0.212. The van der Waals surface area contributed by atoms with Crippen LogP contribution in [0.2, 0.25) is 5.02 Å². The lowest BCUT2D eigenvalue weighted by Crippen LogP contribution is -2.51. The van der Waals surface area contributed by atoms with Crippen LogP contribution in [0.3, 0.4) is 0 Å². The lowest BCUT2D eigenvalue weighted by Gasteiger charge is -2.37. The number of aliphatic hydroxyl groups excluding tert-OH is 1. The molecule has 6 nitrogen and oxygen atoms in total. The molecule has 2 amide bonds. The van der Waals surface area contributed by atoms with Crippen LogP contribution in [0.15, 0.2) is 82.3 Å². The summed E-state index contributed by atoms with van der Waals surface area (Å²) in [5, 5.41) is 14.2. The van der Waals surface area contributed by atoms with Crippen molar-refractivity contribution in [2.24, 2.45) is 0 Å². The lowest BCUT2D eigenvalue weighted by molar-refractivity contribution is -0.129. The molecule has 4 aromatic rings. The Kier molecular flexibility index (Phi) is 8.10. The molecule has 0 spiro atoms. The van der Waals surface area contributed by atoms with Crippen molar-refractivity contribution in [3.05, 3.63) is 99.1 Å². The van der Waals surface area contributed by atoms with Gasteiger partial charge in [0.15, 0.2) is 0 Å². The van der Waals surface area contributed by atoms with Gasteiger partial charge in [0, 0.05) is 49.6 Å². The minimum atomic E-state index is -1.19. The number of aryl methyl sites for hydroxylation is 1. The zero-order valence-corrected chi connectivity index (χ0v) is 24.7. The number of halogens is 2. The standard InChI is InChI=1S/C30H29BrClN3O3S/c1-18-3-10-23(11-4-18)39-30(29(38)34-19(2)17-36)14-27(37)35(16-20-5-7-21(31)8-6-20)28(30)25-15-33-26-13-22(32)9-12-24(25)26/h3-13,15,19,28,33,36H,14,16-17H2,1-2H3,(H,34,38)/t19-,28+,30+/m0/s1. The summed E-state index contributed by atoms with van der Waals surface area (Å²) >= 11 is 11.2. The van der Waals surface area contributed by atoms with Gasteiger partial charge in [0.05, 0.1) is 19.1 Å². The van der Waals surface area contributed by atoms with Crippen LogP contribution in [-0.2, 0) is 16.1 Å². The smallest absolute Gasteiger partial charge is 0.239 e. The van der Waals surface area contributed by atoms with Crippen LogP contribution >= 0.6 is 39.3 Å². The summed E-state index contributed by atoms with van der Waals surface area (Å²) in [4.78, 5) is 34.1. The average Bonchev–Trinajstić information content (AvgIpc) is 3.44. The first kappa shape index (κ1) is 27.8. The number of aromatic amines is 1. The van der Waals surface area contributed by atoms with Gasteiger partial charge in [-0.1, -0.05) is 63.4 Å². The molecule has 0 unspecified atom stereocenters. The number of hydrogen-bond donors (Lipinski definition) is 3. The number of H-pyrrole nitrogens is 1. The molecule has 3 N–H and O–H groups in total. The fourth-order valence-corrected chi connectivity index (χ4v) is 6.94. The Bertz CT molecular complexity index is 1510. The number of amides is 2. The molecule has 39 heavy (non-hydrogen) atoms. The highest BCUT2D eigenvalue weighted by Gasteiger charge is 2.58. The number of aliphatic hydroxyl groups is 1. The Labute approximate surface area is 245 Å². The van der Waals surface area contributed by atoms with Gasteiger partial charge in [-0.2, -0.15) is 0 Å². The molecule has 3 atom stereocenters. The fraction of sp³-hybridized carbons (Fsp3) is 0.267. The zero-order valence-electron chi connectivity index (χ0n) is 21.6. The molecule has 0 saturated carbocycles. The third-order valence-corrected chi connectivity index (χ3v) is 9.27. The molecule has 1 saturated heterocycles. The SMILES string of the molecule is Cc1ccc(S[C@]2(C(=O)N[C@@H](C)CO)CC(=O)N(Cc3ccc(Br)cc3)[C@@H]2c2c[nH]c3cc(Cl)ccc23)cc1. The van der Waals surface area contributed by atoms with E-state index in [2.05, 4.69) is 26.2 Å². The normalized spacial score (nSPS) is 20.0.